The molecule has 1 unspecified atom stereocenters. The van der Waals surface area contributed by atoms with E-state index in [9.17, 15) is 4.79 Å². The molecule has 5 heteroatoms. The van der Waals surface area contributed by atoms with Crippen LogP contribution in [0.2, 0.25) is 5.02 Å². The maximum atomic E-state index is 12.7. The molecule has 1 amide bonds. The van der Waals surface area contributed by atoms with Crippen molar-refractivity contribution in [2.45, 2.75) is 19.1 Å². The molecular weight excluding hydrogens is 312 g/mol. The van der Waals surface area contributed by atoms with Crippen molar-refractivity contribution >= 4 is 23.2 Å². The van der Waals surface area contributed by atoms with Crippen LogP contribution < -0.4 is 10.6 Å². The number of halogens is 1. The summed E-state index contributed by atoms with van der Waals surface area (Å²) in [5.41, 5.74) is 7.48. The lowest BCUT2D eigenvalue weighted by Crippen LogP contribution is -2.35. The molecule has 23 heavy (non-hydrogen) atoms. The number of anilines is 1. The van der Waals surface area contributed by atoms with Crippen LogP contribution in [0.5, 0.6) is 0 Å². The summed E-state index contributed by atoms with van der Waals surface area (Å²) in [5, 5.41) is 0.675. The zero-order chi connectivity index (χ0) is 16.7. The van der Waals surface area contributed by atoms with Crippen molar-refractivity contribution in [3.63, 3.8) is 0 Å². The summed E-state index contributed by atoms with van der Waals surface area (Å²) in [6.07, 6.45) is -0.0332. The molecule has 0 aromatic heterocycles. The van der Waals surface area contributed by atoms with Crippen molar-refractivity contribution in [1.29, 1.82) is 0 Å². The third-order valence-electron chi connectivity index (χ3n) is 3.62. The molecule has 0 saturated heterocycles. The third-order valence-corrected chi connectivity index (χ3v) is 3.87. The van der Waals surface area contributed by atoms with Gasteiger partial charge in [-0.1, -0.05) is 41.9 Å². The van der Waals surface area contributed by atoms with Crippen LogP contribution in [0.1, 0.15) is 12.0 Å². The van der Waals surface area contributed by atoms with Gasteiger partial charge in [-0.25, -0.2) is 0 Å². The highest BCUT2D eigenvalue weighted by atomic mass is 35.5. The number of carbonyl (C=O) groups excluding carboxylic acids is 1. The summed E-state index contributed by atoms with van der Waals surface area (Å²) >= 11 is 5.92. The molecule has 122 valence electrons. The Balaban J connectivity index is 2.21. The first-order valence-electron chi connectivity index (χ1n) is 7.46. The Kier molecular flexibility index (Phi) is 6.59. The van der Waals surface area contributed by atoms with Crippen molar-refractivity contribution in [2.75, 3.05) is 18.6 Å². The van der Waals surface area contributed by atoms with Crippen LogP contribution in [0.15, 0.2) is 54.6 Å². The van der Waals surface area contributed by atoms with Crippen molar-refractivity contribution in [3.8, 4) is 0 Å². The number of hydrogen-bond acceptors (Lipinski definition) is 3. The van der Waals surface area contributed by atoms with E-state index in [2.05, 4.69) is 0 Å². The maximum Gasteiger partial charge on any atom is 0.229 e. The van der Waals surface area contributed by atoms with E-state index in [1.165, 1.54) is 0 Å². The minimum absolute atomic E-state index is 0.0246. The molecule has 2 aromatic rings. The van der Waals surface area contributed by atoms with Crippen LogP contribution >= 0.6 is 11.6 Å². The van der Waals surface area contributed by atoms with Gasteiger partial charge in [-0.2, -0.15) is 0 Å². The van der Waals surface area contributed by atoms with Crippen molar-refractivity contribution in [2.24, 2.45) is 5.73 Å². The Labute approximate surface area is 141 Å². The van der Waals surface area contributed by atoms with Crippen LogP contribution in [0.4, 0.5) is 5.69 Å². The molecule has 0 spiro atoms. The van der Waals surface area contributed by atoms with E-state index >= 15 is 0 Å². The van der Waals surface area contributed by atoms with E-state index in [4.69, 9.17) is 22.1 Å². The first-order chi connectivity index (χ1) is 11.1. The van der Waals surface area contributed by atoms with Crippen LogP contribution in [-0.2, 0) is 16.1 Å². The molecule has 0 heterocycles. The zero-order valence-corrected chi connectivity index (χ0v) is 13.9. The number of ether oxygens (including phenoxy) is 1. The van der Waals surface area contributed by atoms with Gasteiger partial charge >= 0.3 is 0 Å². The van der Waals surface area contributed by atoms with Crippen LogP contribution in [-0.4, -0.2) is 25.7 Å². The molecule has 0 fully saturated rings. The Morgan fingerprint density at radius 2 is 1.83 bits per heavy atom. The van der Waals surface area contributed by atoms with Gasteiger partial charge in [0.15, 0.2) is 0 Å². The minimum Gasteiger partial charge on any atom is -0.380 e. The number of amides is 1. The molecule has 1 atom stereocenters. The van der Waals surface area contributed by atoms with Gasteiger partial charge in [-0.3, -0.25) is 4.79 Å². The van der Waals surface area contributed by atoms with E-state index in [0.29, 0.717) is 18.1 Å². The summed E-state index contributed by atoms with van der Waals surface area (Å²) in [6.45, 7) is 0.785. The number of nitrogens with two attached hydrogens (primary N) is 1. The van der Waals surface area contributed by atoms with E-state index in [1.807, 2.05) is 54.6 Å². The molecule has 0 radical (unpaired) electrons. The Hall–Kier alpha value is -1.88. The van der Waals surface area contributed by atoms with Gasteiger partial charge in [0, 0.05) is 24.4 Å². The number of carbonyl (C=O) groups is 1. The molecule has 0 bridgehead atoms. The second-order valence-electron chi connectivity index (χ2n) is 5.24. The lowest BCUT2D eigenvalue weighted by molar-refractivity contribution is -0.121. The predicted molar refractivity (Wildman–Crippen MR) is 93.6 cm³/mol. The van der Waals surface area contributed by atoms with E-state index in [0.717, 1.165) is 11.3 Å². The summed E-state index contributed by atoms with van der Waals surface area (Å²) in [7, 11) is 1.57. The van der Waals surface area contributed by atoms with Crippen LogP contribution in [0.25, 0.3) is 0 Å². The predicted octanol–water partition coefficient (Wildman–Crippen LogP) is 3.24. The normalized spacial score (nSPS) is 12.0. The van der Waals surface area contributed by atoms with Crippen molar-refractivity contribution < 1.29 is 9.53 Å². The van der Waals surface area contributed by atoms with E-state index in [-0.39, 0.29) is 18.4 Å². The lowest BCUT2D eigenvalue weighted by Gasteiger charge is -2.25. The molecule has 0 aliphatic carbocycles. The first kappa shape index (κ1) is 17.5. The van der Waals surface area contributed by atoms with Gasteiger partial charge in [0.05, 0.1) is 19.1 Å². The van der Waals surface area contributed by atoms with Gasteiger partial charge < -0.3 is 15.4 Å². The molecular formula is C18H21ClN2O2. The largest absolute Gasteiger partial charge is 0.380 e. The summed E-state index contributed by atoms with van der Waals surface area (Å²) < 4.78 is 5.23. The molecule has 2 N–H and O–H groups in total. The summed E-state index contributed by atoms with van der Waals surface area (Å²) in [4.78, 5) is 14.4. The average Bonchev–Trinajstić information content (AvgIpc) is 2.59. The second kappa shape index (κ2) is 8.67. The minimum atomic E-state index is -0.279. The smallest absolute Gasteiger partial charge is 0.229 e. The lowest BCUT2D eigenvalue weighted by atomic mass is 10.1. The summed E-state index contributed by atoms with van der Waals surface area (Å²) in [6, 6.07) is 17.1. The molecule has 0 saturated carbocycles. The number of methoxy groups -OCH3 is 1. The highest BCUT2D eigenvalue weighted by Gasteiger charge is 2.20. The molecule has 2 aromatic carbocycles. The highest BCUT2D eigenvalue weighted by Crippen LogP contribution is 2.20. The fourth-order valence-electron chi connectivity index (χ4n) is 2.27. The fraction of sp³-hybridized carbons (Fsp3) is 0.278. The monoisotopic (exact) mass is 332 g/mol. The van der Waals surface area contributed by atoms with Crippen molar-refractivity contribution in [3.05, 3.63) is 65.2 Å². The number of benzene rings is 2. The van der Waals surface area contributed by atoms with Gasteiger partial charge in [-0.15, -0.1) is 0 Å². The van der Waals surface area contributed by atoms with E-state index < -0.39 is 0 Å². The maximum absolute atomic E-state index is 12.7. The third kappa shape index (κ3) is 5.06. The first-order valence-corrected chi connectivity index (χ1v) is 7.84. The molecule has 2 rings (SSSR count). The topological polar surface area (TPSA) is 55.6 Å². The quantitative estimate of drug-likeness (QED) is 0.846. The Morgan fingerprint density at radius 1 is 1.17 bits per heavy atom. The number of hydrogen-bond donors (Lipinski definition) is 1. The molecule has 0 aliphatic rings. The van der Waals surface area contributed by atoms with Crippen LogP contribution in [0, 0.1) is 0 Å². The van der Waals surface area contributed by atoms with Gasteiger partial charge in [-0.05, 0) is 29.8 Å². The second-order valence-corrected chi connectivity index (χ2v) is 5.68. The summed E-state index contributed by atoms with van der Waals surface area (Å²) in [5.74, 6) is -0.0246. The average molecular weight is 333 g/mol. The highest BCUT2D eigenvalue weighted by molar-refractivity contribution is 6.30. The Bertz CT molecular complexity index is 613. The van der Waals surface area contributed by atoms with Crippen LogP contribution in [0.3, 0.4) is 0 Å². The van der Waals surface area contributed by atoms with Gasteiger partial charge in [0.1, 0.15) is 0 Å². The Morgan fingerprint density at radius 3 is 2.39 bits per heavy atom. The van der Waals surface area contributed by atoms with Crippen molar-refractivity contribution in [1.82, 2.24) is 0 Å². The van der Waals surface area contributed by atoms with E-state index in [1.54, 1.807) is 12.0 Å². The number of nitrogens with zero attached hydrogens (tertiary/aromatic N) is 1. The molecule has 4 nitrogen and oxygen atoms in total. The zero-order valence-electron chi connectivity index (χ0n) is 13.1. The van der Waals surface area contributed by atoms with Gasteiger partial charge in [0.2, 0.25) is 5.91 Å². The van der Waals surface area contributed by atoms with Gasteiger partial charge in [0.25, 0.3) is 0 Å². The number of para-hydroxylation sites is 1. The SMILES string of the molecule is COC(CN)CC(=O)N(Cc1ccc(Cl)cc1)c1ccccc1. The fourth-order valence-corrected chi connectivity index (χ4v) is 2.40. The standard InChI is InChI=1S/C18H21ClN2O2/c1-23-17(12-20)11-18(22)21(16-5-3-2-4-6-16)13-14-7-9-15(19)10-8-14/h2-10,17H,11-13,20H2,1H3. The number of rotatable bonds is 7. The molecule has 0 aliphatic heterocycles.